The molecule has 0 saturated carbocycles. The molecule has 1 aliphatic rings. The van der Waals surface area contributed by atoms with Crippen LogP contribution in [0.2, 0.25) is 0 Å². The van der Waals surface area contributed by atoms with Crippen LogP contribution in [0, 0.1) is 12.7 Å². The summed E-state index contributed by atoms with van der Waals surface area (Å²) in [5, 5.41) is 3.54. The van der Waals surface area contributed by atoms with Crippen molar-refractivity contribution in [3.8, 4) is 0 Å². The highest BCUT2D eigenvalue weighted by molar-refractivity contribution is 7.18. The highest BCUT2D eigenvalue weighted by atomic mass is 32.1. The molecule has 1 aromatic heterocycles. The number of amides is 1. The molecule has 0 radical (unpaired) electrons. The van der Waals surface area contributed by atoms with Crippen molar-refractivity contribution in [2.45, 2.75) is 32.1 Å². The first kappa shape index (κ1) is 19.5. The lowest BCUT2D eigenvalue weighted by Gasteiger charge is -2.36. The fourth-order valence-corrected chi connectivity index (χ4v) is 4.27. The number of nitrogens with one attached hydrogen (secondary N) is 1. The Bertz CT molecular complexity index is 825. The van der Waals surface area contributed by atoms with E-state index in [0.29, 0.717) is 42.5 Å². The fourth-order valence-electron chi connectivity index (χ4n) is 3.31. The van der Waals surface area contributed by atoms with E-state index >= 15 is 0 Å². The van der Waals surface area contributed by atoms with Gasteiger partial charge >= 0.3 is 5.97 Å². The summed E-state index contributed by atoms with van der Waals surface area (Å²) in [7, 11) is 0. The Labute approximate surface area is 161 Å². The summed E-state index contributed by atoms with van der Waals surface area (Å²) in [5.41, 5.74) is 0.744. The zero-order valence-electron chi connectivity index (χ0n) is 15.3. The third-order valence-corrected chi connectivity index (χ3v) is 5.93. The van der Waals surface area contributed by atoms with Crippen LogP contribution in [0.1, 0.15) is 40.6 Å². The van der Waals surface area contributed by atoms with Crippen LogP contribution >= 0.6 is 11.3 Å². The molecule has 3 rings (SSSR count). The van der Waals surface area contributed by atoms with Gasteiger partial charge in [-0.1, -0.05) is 12.1 Å². The van der Waals surface area contributed by atoms with Crippen LogP contribution in [-0.2, 0) is 19.7 Å². The van der Waals surface area contributed by atoms with Gasteiger partial charge in [-0.3, -0.25) is 4.79 Å². The van der Waals surface area contributed by atoms with Crippen molar-refractivity contribution in [3.05, 3.63) is 52.2 Å². The largest absolute Gasteiger partial charge is 0.462 e. The third kappa shape index (κ3) is 4.04. The number of carbonyl (C=O) groups is 2. The van der Waals surface area contributed by atoms with Gasteiger partial charge in [-0.15, -0.1) is 11.3 Å². The standard InChI is InChI=1S/C20H22FNO4S/c1-3-26-18(23)17-13(2)12-16(27-17)22-19(24)20(8-10-25-11-9-20)14-4-6-15(21)7-5-14/h4-7,12H,3,8-11H2,1-2H3,(H,22,24). The van der Waals surface area contributed by atoms with Crippen molar-refractivity contribution >= 4 is 28.2 Å². The minimum absolute atomic E-state index is 0.172. The van der Waals surface area contributed by atoms with E-state index in [1.54, 1.807) is 25.1 Å². The van der Waals surface area contributed by atoms with Crippen LogP contribution in [0.15, 0.2) is 30.3 Å². The molecule has 1 saturated heterocycles. The topological polar surface area (TPSA) is 64.6 Å². The number of esters is 1. The number of rotatable bonds is 5. The van der Waals surface area contributed by atoms with E-state index in [-0.39, 0.29) is 17.7 Å². The van der Waals surface area contributed by atoms with Gasteiger partial charge < -0.3 is 14.8 Å². The van der Waals surface area contributed by atoms with E-state index < -0.39 is 5.41 Å². The fraction of sp³-hybridized carbons (Fsp3) is 0.400. The Balaban J connectivity index is 1.86. The molecular weight excluding hydrogens is 369 g/mol. The van der Waals surface area contributed by atoms with Gasteiger partial charge in [0.15, 0.2) is 0 Å². The SMILES string of the molecule is CCOC(=O)c1sc(NC(=O)C2(c3ccc(F)cc3)CCOCC2)cc1C. The third-order valence-electron chi connectivity index (χ3n) is 4.79. The van der Waals surface area contributed by atoms with Gasteiger partial charge in [0.1, 0.15) is 10.7 Å². The van der Waals surface area contributed by atoms with Gasteiger partial charge in [0.25, 0.3) is 0 Å². The van der Waals surface area contributed by atoms with Crippen molar-refractivity contribution in [1.29, 1.82) is 0 Å². The number of anilines is 1. The number of aryl methyl sites for hydroxylation is 1. The monoisotopic (exact) mass is 391 g/mol. The van der Waals surface area contributed by atoms with Gasteiger partial charge in [-0.25, -0.2) is 9.18 Å². The van der Waals surface area contributed by atoms with E-state index in [2.05, 4.69) is 5.32 Å². The number of hydrogen-bond acceptors (Lipinski definition) is 5. The van der Waals surface area contributed by atoms with Crippen LogP contribution in [-0.4, -0.2) is 31.7 Å². The van der Waals surface area contributed by atoms with Gasteiger partial charge in [0, 0.05) is 13.2 Å². The molecule has 0 spiro atoms. The number of benzene rings is 1. The van der Waals surface area contributed by atoms with Gasteiger partial charge in [0.05, 0.1) is 17.0 Å². The Morgan fingerprint density at radius 2 is 1.93 bits per heavy atom. The second kappa shape index (κ2) is 8.19. The van der Waals surface area contributed by atoms with E-state index in [1.165, 1.54) is 23.5 Å². The van der Waals surface area contributed by atoms with Crippen molar-refractivity contribution in [1.82, 2.24) is 0 Å². The maximum atomic E-state index is 13.3. The van der Waals surface area contributed by atoms with E-state index in [0.717, 1.165) is 11.1 Å². The highest BCUT2D eigenvalue weighted by Gasteiger charge is 2.42. The molecule has 144 valence electrons. The number of hydrogen-bond donors (Lipinski definition) is 1. The Morgan fingerprint density at radius 1 is 1.26 bits per heavy atom. The van der Waals surface area contributed by atoms with Crippen LogP contribution in [0.4, 0.5) is 9.39 Å². The second-order valence-corrected chi connectivity index (χ2v) is 7.55. The Hall–Kier alpha value is -2.25. The van der Waals surface area contributed by atoms with Crippen LogP contribution in [0.3, 0.4) is 0 Å². The second-order valence-electron chi connectivity index (χ2n) is 6.50. The number of ether oxygens (including phenoxy) is 2. The average molecular weight is 391 g/mol. The van der Waals surface area contributed by atoms with E-state index in [4.69, 9.17) is 9.47 Å². The first-order chi connectivity index (χ1) is 13.0. The van der Waals surface area contributed by atoms with Gasteiger partial charge in [-0.2, -0.15) is 0 Å². The Kier molecular flexibility index (Phi) is 5.92. The average Bonchev–Trinajstić information content (AvgIpc) is 3.03. The summed E-state index contributed by atoms with van der Waals surface area (Å²) in [6, 6.07) is 7.82. The first-order valence-electron chi connectivity index (χ1n) is 8.89. The Morgan fingerprint density at radius 3 is 2.56 bits per heavy atom. The first-order valence-corrected chi connectivity index (χ1v) is 9.71. The molecule has 1 N–H and O–H groups in total. The summed E-state index contributed by atoms with van der Waals surface area (Å²) in [5.74, 6) is -0.900. The molecule has 1 aromatic carbocycles. The molecule has 0 bridgehead atoms. The van der Waals surface area contributed by atoms with Crippen molar-refractivity contribution in [2.75, 3.05) is 25.1 Å². The minimum atomic E-state index is -0.784. The number of halogens is 1. The molecule has 0 aliphatic carbocycles. The van der Waals surface area contributed by atoms with Crippen LogP contribution in [0.5, 0.6) is 0 Å². The zero-order chi connectivity index (χ0) is 19.4. The molecule has 1 aliphatic heterocycles. The quantitative estimate of drug-likeness (QED) is 0.781. The predicted octanol–water partition coefficient (Wildman–Crippen LogP) is 4.06. The lowest BCUT2D eigenvalue weighted by atomic mass is 9.73. The van der Waals surface area contributed by atoms with Gasteiger partial charge in [0.2, 0.25) is 5.91 Å². The maximum absolute atomic E-state index is 13.3. The summed E-state index contributed by atoms with van der Waals surface area (Å²) < 4.78 is 23.8. The maximum Gasteiger partial charge on any atom is 0.348 e. The molecule has 27 heavy (non-hydrogen) atoms. The summed E-state index contributed by atoms with van der Waals surface area (Å²) in [4.78, 5) is 25.7. The lowest BCUT2D eigenvalue weighted by Crippen LogP contribution is -2.44. The molecule has 0 unspecified atom stereocenters. The van der Waals surface area contributed by atoms with Gasteiger partial charge in [-0.05, 0) is 56.0 Å². The minimum Gasteiger partial charge on any atom is -0.462 e. The zero-order valence-corrected chi connectivity index (χ0v) is 16.2. The highest BCUT2D eigenvalue weighted by Crippen LogP contribution is 2.37. The van der Waals surface area contributed by atoms with Crippen LogP contribution in [0.25, 0.3) is 0 Å². The van der Waals surface area contributed by atoms with Crippen molar-refractivity contribution in [2.24, 2.45) is 0 Å². The number of thiophene rings is 1. The summed E-state index contributed by atoms with van der Waals surface area (Å²) >= 11 is 1.20. The molecule has 7 heteroatoms. The lowest BCUT2D eigenvalue weighted by molar-refractivity contribution is -0.125. The molecule has 1 fully saturated rings. The van der Waals surface area contributed by atoms with E-state index in [1.807, 2.05) is 6.92 Å². The number of carbonyl (C=O) groups excluding carboxylic acids is 2. The van der Waals surface area contributed by atoms with Crippen molar-refractivity contribution < 1.29 is 23.5 Å². The van der Waals surface area contributed by atoms with Crippen LogP contribution < -0.4 is 5.32 Å². The molecule has 0 atom stereocenters. The van der Waals surface area contributed by atoms with E-state index in [9.17, 15) is 14.0 Å². The smallest absolute Gasteiger partial charge is 0.348 e. The predicted molar refractivity (Wildman–Crippen MR) is 102 cm³/mol. The molecule has 2 heterocycles. The molecule has 5 nitrogen and oxygen atoms in total. The van der Waals surface area contributed by atoms with Crippen molar-refractivity contribution in [3.63, 3.8) is 0 Å². The summed E-state index contributed by atoms with van der Waals surface area (Å²) in [6.45, 7) is 4.78. The molecule has 2 aromatic rings. The molecule has 1 amide bonds. The molecular formula is C20H22FNO4S. The summed E-state index contributed by atoms with van der Waals surface area (Å²) in [6.07, 6.45) is 1.03. The normalized spacial score (nSPS) is 16.0.